The fraction of sp³-hybridized carbons (Fsp3) is 0.136. The van der Waals surface area contributed by atoms with Crippen LogP contribution >= 0.6 is 34.7 Å². The van der Waals surface area contributed by atoms with Gasteiger partial charge < -0.3 is 4.74 Å². The number of rotatable bonds is 7. The van der Waals surface area contributed by atoms with Crippen molar-refractivity contribution in [3.63, 3.8) is 0 Å². The summed E-state index contributed by atoms with van der Waals surface area (Å²) >= 11 is 9.08. The van der Waals surface area contributed by atoms with E-state index >= 15 is 0 Å². The van der Waals surface area contributed by atoms with Crippen LogP contribution in [0.25, 0.3) is 10.2 Å². The molecule has 2 aromatic carbocycles. The van der Waals surface area contributed by atoms with Gasteiger partial charge in [-0.1, -0.05) is 29.0 Å². The van der Waals surface area contributed by atoms with Crippen LogP contribution in [0.4, 0.5) is 5.13 Å². The van der Waals surface area contributed by atoms with Crippen LogP contribution in [0.5, 0.6) is 5.75 Å². The van der Waals surface area contributed by atoms with Crippen molar-refractivity contribution in [3.05, 3.63) is 77.6 Å². The van der Waals surface area contributed by atoms with E-state index in [9.17, 15) is 4.79 Å². The summed E-state index contributed by atoms with van der Waals surface area (Å²) in [4.78, 5) is 24.8. The zero-order chi connectivity index (χ0) is 20.9. The third-order valence-corrected chi connectivity index (χ3v) is 6.37. The number of aromatic nitrogens is 2. The molecule has 0 saturated carbocycles. The van der Waals surface area contributed by atoms with Gasteiger partial charge in [-0.3, -0.25) is 14.7 Å². The van der Waals surface area contributed by atoms with Gasteiger partial charge in [0.05, 0.1) is 16.8 Å². The molecule has 0 fully saturated rings. The maximum absolute atomic E-state index is 13.1. The van der Waals surface area contributed by atoms with Crippen molar-refractivity contribution in [2.75, 3.05) is 17.8 Å². The Bertz CT molecular complexity index is 1150. The molecule has 30 heavy (non-hydrogen) atoms. The Balaban J connectivity index is 1.60. The molecule has 0 unspecified atom stereocenters. The Kier molecular flexibility index (Phi) is 6.52. The predicted molar refractivity (Wildman–Crippen MR) is 124 cm³/mol. The third-order valence-electron chi connectivity index (χ3n) is 4.36. The predicted octanol–water partition coefficient (Wildman–Crippen LogP) is 5.68. The summed E-state index contributed by atoms with van der Waals surface area (Å²) in [5.41, 5.74) is 1.79. The van der Waals surface area contributed by atoms with Crippen molar-refractivity contribution in [3.8, 4) is 5.75 Å². The molecule has 2 heterocycles. The van der Waals surface area contributed by atoms with E-state index in [1.165, 1.54) is 11.3 Å². The lowest BCUT2D eigenvalue weighted by molar-refractivity contribution is -0.120. The average molecular weight is 456 g/mol. The normalized spacial score (nSPS) is 10.9. The number of nitrogens with zero attached hydrogens (tertiary/aromatic N) is 3. The van der Waals surface area contributed by atoms with Gasteiger partial charge in [0.1, 0.15) is 5.75 Å². The van der Waals surface area contributed by atoms with Gasteiger partial charge in [-0.15, -0.1) is 11.8 Å². The highest BCUT2D eigenvalue weighted by atomic mass is 35.5. The fourth-order valence-electron chi connectivity index (χ4n) is 2.83. The first-order valence-electron chi connectivity index (χ1n) is 9.14. The van der Waals surface area contributed by atoms with Crippen molar-refractivity contribution in [2.24, 2.45) is 0 Å². The SMILES string of the molecule is CSc1ccc2nc(N(Cc3cccnc3)C(=O)COc3ccc(Cl)cc3)sc2c1. The highest BCUT2D eigenvalue weighted by Crippen LogP contribution is 2.32. The molecule has 0 spiro atoms. The second-order valence-corrected chi connectivity index (χ2v) is 8.74. The first-order chi connectivity index (χ1) is 14.6. The van der Waals surface area contributed by atoms with Gasteiger partial charge in [-0.25, -0.2) is 4.98 Å². The van der Waals surface area contributed by atoms with Crippen LogP contribution in [0.3, 0.4) is 0 Å². The van der Waals surface area contributed by atoms with Crippen LogP contribution in [0.2, 0.25) is 5.02 Å². The minimum atomic E-state index is -0.182. The number of hydrogen-bond donors (Lipinski definition) is 0. The van der Waals surface area contributed by atoms with E-state index in [1.807, 2.05) is 30.5 Å². The maximum Gasteiger partial charge on any atom is 0.267 e. The number of fused-ring (bicyclic) bond motifs is 1. The first-order valence-corrected chi connectivity index (χ1v) is 11.6. The molecule has 1 amide bonds. The molecule has 4 rings (SSSR count). The smallest absolute Gasteiger partial charge is 0.267 e. The number of anilines is 1. The lowest BCUT2D eigenvalue weighted by Crippen LogP contribution is -2.34. The number of ether oxygens (including phenoxy) is 1. The van der Waals surface area contributed by atoms with Crippen LogP contribution in [0.1, 0.15) is 5.56 Å². The van der Waals surface area contributed by atoms with Gasteiger partial charge in [0, 0.05) is 22.3 Å². The second-order valence-electron chi connectivity index (χ2n) is 6.41. The van der Waals surface area contributed by atoms with E-state index in [2.05, 4.69) is 11.1 Å². The summed E-state index contributed by atoms with van der Waals surface area (Å²) in [5, 5.41) is 1.25. The van der Waals surface area contributed by atoms with Gasteiger partial charge in [-0.05, 0) is 60.4 Å². The van der Waals surface area contributed by atoms with Crippen molar-refractivity contribution in [1.29, 1.82) is 0 Å². The standard InChI is InChI=1S/C22H18ClN3O2S2/c1-29-18-8-9-19-20(11-18)30-22(25-19)26(13-15-3-2-10-24-12-15)21(27)14-28-17-6-4-16(23)5-7-17/h2-12H,13-14H2,1H3. The zero-order valence-corrected chi connectivity index (χ0v) is 18.5. The molecular formula is C22H18ClN3O2S2. The summed E-state index contributed by atoms with van der Waals surface area (Å²) in [6.07, 6.45) is 5.50. The lowest BCUT2D eigenvalue weighted by Gasteiger charge is -2.20. The number of hydrogen-bond acceptors (Lipinski definition) is 6. The fourth-order valence-corrected chi connectivity index (χ4v) is 4.49. The van der Waals surface area contributed by atoms with Crippen LogP contribution in [0.15, 0.2) is 71.9 Å². The van der Waals surface area contributed by atoms with E-state index in [0.29, 0.717) is 22.4 Å². The molecule has 0 atom stereocenters. The number of pyridine rings is 1. The summed E-state index contributed by atoms with van der Waals surface area (Å²) in [6.45, 7) is 0.264. The Morgan fingerprint density at radius 2 is 2.03 bits per heavy atom. The second kappa shape index (κ2) is 9.47. The minimum absolute atomic E-state index is 0.103. The highest BCUT2D eigenvalue weighted by molar-refractivity contribution is 7.98. The molecule has 0 N–H and O–H groups in total. The number of thiazole rings is 1. The molecular weight excluding hydrogens is 438 g/mol. The van der Waals surface area contributed by atoms with E-state index in [-0.39, 0.29) is 12.5 Å². The number of amides is 1. The molecule has 4 aromatic rings. The Morgan fingerprint density at radius 3 is 2.77 bits per heavy atom. The third kappa shape index (κ3) is 4.92. The van der Waals surface area contributed by atoms with Crippen molar-refractivity contribution >= 4 is 56.0 Å². The molecule has 0 bridgehead atoms. The van der Waals surface area contributed by atoms with Gasteiger partial charge in [0.2, 0.25) is 0 Å². The molecule has 0 radical (unpaired) electrons. The largest absolute Gasteiger partial charge is 0.484 e. The lowest BCUT2D eigenvalue weighted by atomic mass is 10.2. The topological polar surface area (TPSA) is 55.3 Å². The maximum atomic E-state index is 13.1. The number of halogens is 1. The van der Waals surface area contributed by atoms with E-state index in [0.717, 1.165) is 20.7 Å². The Hall–Kier alpha value is -2.61. The minimum Gasteiger partial charge on any atom is -0.484 e. The average Bonchev–Trinajstić information content (AvgIpc) is 3.20. The van der Waals surface area contributed by atoms with Crippen molar-refractivity contribution in [2.45, 2.75) is 11.4 Å². The quantitative estimate of drug-likeness (QED) is 0.335. The number of carbonyl (C=O) groups excluding carboxylic acids is 1. The Labute approximate surface area is 187 Å². The Morgan fingerprint density at radius 1 is 1.20 bits per heavy atom. The van der Waals surface area contributed by atoms with Gasteiger partial charge in [0.15, 0.2) is 11.7 Å². The summed E-state index contributed by atoms with van der Waals surface area (Å²) in [5.74, 6) is 0.404. The molecule has 8 heteroatoms. The zero-order valence-electron chi connectivity index (χ0n) is 16.1. The molecule has 0 aliphatic rings. The van der Waals surface area contributed by atoms with E-state index < -0.39 is 0 Å². The first kappa shape index (κ1) is 20.7. The molecule has 0 saturated heterocycles. The highest BCUT2D eigenvalue weighted by Gasteiger charge is 2.21. The van der Waals surface area contributed by atoms with Crippen molar-refractivity contribution < 1.29 is 9.53 Å². The van der Waals surface area contributed by atoms with Gasteiger partial charge in [0.25, 0.3) is 5.91 Å². The van der Waals surface area contributed by atoms with E-state index in [4.69, 9.17) is 21.3 Å². The van der Waals surface area contributed by atoms with E-state index in [1.54, 1.807) is 53.3 Å². The molecule has 5 nitrogen and oxygen atoms in total. The number of thioether (sulfide) groups is 1. The van der Waals surface area contributed by atoms with Crippen molar-refractivity contribution in [1.82, 2.24) is 9.97 Å². The number of carbonyl (C=O) groups is 1. The van der Waals surface area contributed by atoms with Crippen LogP contribution in [-0.2, 0) is 11.3 Å². The summed E-state index contributed by atoms with van der Waals surface area (Å²) in [6, 6.07) is 16.8. The van der Waals surface area contributed by atoms with Gasteiger partial charge >= 0.3 is 0 Å². The molecule has 0 aliphatic heterocycles. The summed E-state index contributed by atoms with van der Waals surface area (Å²) in [7, 11) is 0. The summed E-state index contributed by atoms with van der Waals surface area (Å²) < 4.78 is 6.72. The number of benzene rings is 2. The monoisotopic (exact) mass is 455 g/mol. The molecule has 2 aromatic heterocycles. The molecule has 152 valence electrons. The van der Waals surface area contributed by atoms with Gasteiger partial charge in [-0.2, -0.15) is 0 Å². The van der Waals surface area contributed by atoms with Crippen LogP contribution < -0.4 is 9.64 Å². The van der Waals surface area contributed by atoms with Crippen LogP contribution in [0, 0.1) is 0 Å². The molecule has 0 aliphatic carbocycles. The van der Waals surface area contributed by atoms with Crippen LogP contribution in [-0.4, -0.2) is 28.7 Å².